The van der Waals surface area contributed by atoms with Crippen molar-refractivity contribution in [1.82, 2.24) is 0 Å². The third-order valence-corrected chi connectivity index (χ3v) is 4.81. The predicted molar refractivity (Wildman–Crippen MR) is 84.9 cm³/mol. The average Bonchev–Trinajstić information content (AvgIpc) is 2.37. The Balaban J connectivity index is 2.07. The minimum atomic E-state index is 0.480. The van der Waals surface area contributed by atoms with E-state index in [4.69, 9.17) is 0 Å². The Labute approximate surface area is 118 Å². The van der Waals surface area contributed by atoms with Gasteiger partial charge in [-0.05, 0) is 73.1 Å². The zero-order chi connectivity index (χ0) is 14.0. The van der Waals surface area contributed by atoms with E-state index >= 15 is 0 Å². The summed E-state index contributed by atoms with van der Waals surface area (Å²) in [5, 5.41) is 3.28. The van der Waals surface area contributed by atoms with Crippen LogP contribution in [0.4, 0.5) is 5.69 Å². The molecule has 19 heavy (non-hydrogen) atoms. The van der Waals surface area contributed by atoms with Crippen LogP contribution in [0.25, 0.3) is 0 Å². The summed E-state index contributed by atoms with van der Waals surface area (Å²) < 4.78 is 0. The Morgan fingerprint density at radius 1 is 1.00 bits per heavy atom. The maximum atomic E-state index is 3.28. The van der Waals surface area contributed by atoms with Crippen molar-refractivity contribution in [3.05, 3.63) is 29.3 Å². The van der Waals surface area contributed by atoms with Gasteiger partial charge in [-0.3, -0.25) is 0 Å². The molecular weight excluding hydrogens is 230 g/mol. The summed E-state index contributed by atoms with van der Waals surface area (Å²) in [5.74, 6) is 1.67. The van der Waals surface area contributed by atoms with Crippen molar-refractivity contribution < 1.29 is 0 Å². The molecule has 2 rings (SSSR count). The number of anilines is 1. The molecule has 0 radical (unpaired) electrons. The third kappa shape index (κ3) is 3.52. The van der Waals surface area contributed by atoms with Crippen molar-refractivity contribution in [3.8, 4) is 0 Å². The van der Waals surface area contributed by atoms with Crippen LogP contribution < -0.4 is 5.32 Å². The number of hydrogen-bond acceptors (Lipinski definition) is 1. The number of nitrogens with one attached hydrogen (secondary N) is 1. The molecular formula is C18H29N. The van der Waals surface area contributed by atoms with E-state index < -0.39 is 0 Å². The van der Waals surface area contributed by atoms with Gasteiger partial charge in [-0.2, -0.15) is 0 Å². The highest BCUT2D eigenvalue weighted by molar-refractivity contribution is 5.49. The van der Waals surface area contributed by atoms with Crippen LogP contribution in [0.5, 0.6) is 0 Å². The fraction of sp³-hybridized carbons (Fsp3) is 0.667. The van der Waals surface area contributed by atoms with Crippen molar-refractivity contribution in [2.24, 2.45) is 11.3 Å². The van der Waals surface area contributed by atoms with E-state index in [0.29, 0.717) is 5.41 Å². The van der Waals surface area contributed by atoms with Gasteiger partial charge in [-0.25, -0.2) is 0 Å². The van der Waals surface area contributed by atoms with E-state index in [-0.39, 0.29) is 0 Å². The second kappa shape index (κ2) is 5.56. The molecule has 0 aromatic heterocycles. The molecule has 0 aliphatic heterocycles. The number of benzene rings is 1. The second-order valence-electron chi connectivity index (χ2n) is 7.30. The smallest absolute Gasteiger partial charge is 0.0343 e. The molecule has 1 saturated carbocycles. The maximum absolute atomic E-state index is 3.28. The maximum Gasteiger partial charge on any atom is 0.0343 e. The lowest BCUT2D eigenvalue weighted by molar-refractivity contribution is 0.169. The first kappa shape index (κ1) is 14.4. The minimum absolute atomic E-state index is 0.480. The average molecular weight is 259 g/mol. The zero-order valence-corrected chi connectivity index (χ0v) is 13.2. The van der Waals surface area contributed by atoms with Crippen LogP contribution in [-0.4, -0.2) is 7.05 Å². The largest absolute Gasteiger partial charge is 0.388 e. The van der Waals surface area contributed by atoms with E-state index in [1.807, 2.05) is 7.05 Å². The van der Waals surface area contributed by atoms with Crippen molar-refractivity contribution in [2.45, 2.75) is 59.3 Å². The first-order chi connectivity index (χ1) is 8.90. The Kier molecular flexibility index (Phi) is 4.23. The summed E-state index contributed by atoms with van der Waals surface area (Å²) in [5.41, 5.74) is 4.65. The van der Waals surface area contributed by atoms with Crippen LogP contribution in [0.1, 0.15) is 63.5 Å². The van der Waals surface area contributed by atoms with Crippen LogP contribution >= 0.6 is 0 Å². The van der Waals surface area contributed by atoms with Crippen LogP contribution in [0.3, 0.4) is 0 Å². The monoisotopic (exact) mass is 259 g/mol. The molecule has 0 unspecified atom stereocenters. The van der Waals surface area contributed by atoms with Gasteiger partial charge in [-0.15, -0.1) is 0 Å². The summed E-state index contributed by atoms with van der Waals surface area (Å²) in [6.07, 6.45) is 5.48. The summed E-state index contributed by atoms with van der Waals surface area (Å²) >= 11 is 0. The highest BCUT2D eigenvalue weighted by Gasteiger charge is 2.30. The SMILES string of the molecule is CNc1cc(C)cc(C2CCC(C(C)(C)C)CC2)c1. The molecule has 0 heterocycles. The van der Waals surface area contributed by atoms with Gasteiger partial charge < -0.3 is 5.32 Å². The first-order valence-electron chi connectivity index (χ1n) is 7.69. The van der Waals surface area contributed by atoms with Crippen molar-refractivity contribution in [1.29, 1.82) is 0 Å². The summed E-state index contributed by atoms with van der Waals surface area (Å²) in [4.78, 5) is 0. The van der Waals surface area contributed by atoms with Crippen LogP contribution in [0.2, 0.25) is 0 Å². The number of hydrogen-bond donors (Lipinski definition) is 1. The van der Waals surface area contributed by atoms with Gasteiger partial charge >= 0.3 is 0 Å². The predicted octanol–water partition coefficient (Wildman–Crippen LogP) is 5.36. The summed E-state index contributed by atoms with van der Waals surface area (Å²) in [6, 6.07) is 6.95. The van der Waals surface area contributed by atoms with Crippen LogP contribution in [0.15, 0.2) is 18.2 Å². The molecule has 1 aromatic rings. The zero-order valence-electron chi connectivity index (χ0n) is 13.2. The van der Waals surface area contributed by atoms with E-state index in [9.17, 15) is 0 Å². The lowest BCUT2D eigenvalue weighted by atomic mass is 9.68. The molecule has 1 nitrogen and oxygen atoms in total. The summed E-state index contributed by atoms with van der Waals surface area (Å²) in [6.45, 7) is 9.38. The Hall–Kier alpha value is -0.980. The molecule has 1 aliphatic carbocycles. The Morgan fingerprint density at radius 3 is 2.16 bits per heavy atom. The Bertz CT molecular complexity index is 420. The van der Waals surface area contributed by atoms with Crippen molar-refractivity contribution >= 4 is 5.69 Å². The fourth-order valence-electron chi connectivity index (χ4n) is 3.49. The number of aryl methyl sites for hydroxylation is 1. The molecule has 0 spiro atoms. The van der Waals surface area contributed by atoms with Gasteiger partial charge in [0.25, 0.3) is 0 Å². The molecule has 1 fully saturated rings. The first-order valence-corrected chi connectivity index (χ1v) is 7.69. The van der Waals surface area contributed by atoms with Gasteiger partial charge in [0.05, 0.1) is 0 Å². The molecule has 0 bridgehead atoms. The topological polar surface area (TPSA) is 12.0 Å². The minimum Gasteiger partial charge on any atom is -0.388 e. The highest BCUT2D eigenvalue weighted by atomic mass is 14.8. The van der Waals surface area contributed by atoms with E-state index in [2.05, 4.69) is 51.2 Å². The van der Waals surface area contributed by atoms with E-state index in [1.165, 1.54) is 42.5 Å². The van der Waals surface area contributed by atoms with Crippen LogP contribution in [-0.2, 0) is 0 Å². The molecule has 0 amide bonds. The standard InChI is InChI=1S/C18H29N/c1-13-10-15(12-17(11-13)19-5)14-6-8-16(9-7-14)18(2,3)4/h10-12,14,16,19H,6-9H2,1-5H3. The summed E-state index contributed by atoms with van der Waals surface area (Å²) in [7, 11) is 2.01. The number of rotatable bonds is 2. The van der Waals surface area contributed by atoms with Crippen molar-refractivity contribution in [3.63, 3.8) is 0 Å². The van der Waals surface area contributed by atoms with E-state index in [0.717, 1.165) is 11.8 Å². The second-order valence-corrected chi connectivity index (χ2v) is 7.30. The quantitative estimate of drug-likeness (QED) is 0.754. The van der Waals surface area contributed by atoms with Crippen molar-refractivity contribution in [2.75, 3.05) is 12.4 Å². The molecule has 1 N–H and O–H groups in total. The lowest BCUT2D eigenvalue weighted by Gasteiger charge is -2.37. The third-order valence-electron chi connectivity index (χ3n) is 4.81. The molecule has 0 atom stereocenters. The van der Waals surface area contributed by atoms with Gasteiger partial charge in [0, 0.05) is 12.7 Å². The van der Waals surface area contributed by atoms with Gasteiger partial charge in [0.2, 0.25) is 0 Å². The van der Waals surface area contributed by atoms with E-state index in [1.54, 1.807) is 0 Å². The van der Waals surface area contributed by atoms with Crippen LogP contribution in [0, 0.1) is 18.3 Å². The van der Waals surface area contributed by atoms with Gasteiger partial charge in [-0.1, -0.05) is 26.8 Å². The fourth-order valence-corrected chi connectivity index (χ4v) is 3.49. The molecule has 0 saturated heterocycles. The molecule has 106 valence electrons. The Morgan fingerprint density at radius 2 is 1.63 bits per heavy atom. The molecule has 1 heteroatoms. The molecule has 1 aromatic carbocycles. The van der Waals surface area contributed by atoms with Gasteiger partial charge in [0.1, 0.15) is 0 Å². The molecule has 1 aliphatic rings. The highest BCUT2D eigenvalue weighted by Crippen LogP contribution is 2.43. The normalized spacial score (nSPS) is 24.3. The lowest BCUT2D eigenvalue weighted by Crippen LogP contribution is -2.25. The van der Waals surface area contributed by atoms with Gasteiger partial charge in [0.15, 0.2) is 0 Å².